The van der Waals surface area contributed by atoms with Crippen LogP contribution >= 0.6 is 11.8 Å². The number of hydrogen-bond acceptors (Lipinski definition) is 7. The summed E-state index contributed by atoms with van der Waals surface area (Å²) in [5, 5.41) is 3.48. The maximum Gasteiger partial charge on any atom is 0.246 e. The number of nitrogens with one attached hydrogen (secondary N) is 1. The number of thioether (sulfide) groups is 1. The highest BCUT2D eigenvalue weighted by molar-refractivity contribution is 7.99. The molecule has 1 amide bonds. The number of ether oxygens (including phenoxy) is 2. The number of carbonyl (C=O) groups excluding carboxylic acids is 1. The van der Waals surface area contributed by atoms with Crippen LogP contribution in [0.1, 0.15) is 11.4 Å². The lowest BCUT2D eigenvalue weighted by Gasteiger charge is -2.16. The Hall–Kier alpha value is -2.08. The predicted molar refractivity (Wildman–Crippen MR) is 117 cm³/mol. The lowest BCUT2D eigenvalue weighted by Crippen LogP contribution is -2.23. The van der Waals surface area contributed by atoms with E-state index in [1.807, 2.05) is 18.4 Å². The van der Waals surface area contributed by atoms with Crippen molar-refractivity contribution in [1.29, 1.82) is 0 Å². The number of methoxy groups -OCH3 is 2. The number of nitrogens with zero attached hydrogens (tertiary/aromatic N) is 3. The van der Waals surface area contributed by atoms with Crippen molar-refractivity contribution in [2.24, 2.45) is 0 Å². The van der Waals surface area contributed by atoms with Crippen LogP contribution in [-0.2, 0) is 26.1 Å². The number of imidazole rings is 1. The lowest BCUT2D eigenvalue weighted by atomic mass is 10.3. The van der Waals surface area contributed by atoms with Gasteiger partial charge in [-0.25, -0.2) is 17.7 Å². The van der Waals surface area contributed by atoms with Crippen molar-refractivity contribution in [3.05, 3.63) is 29.6 Å². The van der Waals surface area contributed by atoms with Crippen LogP contribution in [0.4, 0.5) is 5.69 Å². The third-order valence-corrected chi connectivity index (χ3v) is 7.29. The molecule has 2 aromatic rings. The van der Waals surface area contributed by atoms with Gasteiger partial charge in [0.25, 0.3) is 0 Å². The molecule has 0 aliphatic rings. The highest BCUT2D eigenvalue weighted by Gasteiger charge is 2.23. The fraction of sp³-hybridized carbons (Fsp3) is 0.474. The Labute approximate surface area is 181 Å². The first-order chi connectivity index (χ1) is 14.1. The van der Waals surface area contributed by atoms with Crippen LogP contribution in [0, 0.1) is 13.8 Å². The Balaban J connectivity index is 2.14. The number of sulfonamides is 1. The van der Waals surface area contributed by atoms with Gasteiger partial charge in [-0.05, 0) is 32.0 Å². The molecule has 9 nitrogen and oxygen atoms in total. The second kappa shape index (κ2) is 10.3. The third-order valence-electron chi connectivity index (χ3n) is 4.48. The molecule has 0 aliphatic carbocycles. The van der Waals surface area contributed by atoms with E-state index in [-0.39, 0.29) is 22.3 Å². The van der Waals surface area contributed by atoms with Gasteiger partial charge in [0.2, 0.25) is 15.9 Å². The van der Waals surface area contributed by atoms with E-state index < -0.39 is 10.0 Å². The average molecular weight is 457 g/mol. The summed E-state index contributed by atoms with van der Waals surface area (Å²) in [4.78, 5) is 17.0. The normalized spacial score (nSPS) is 11.7. The van der Waals surface area contributed by atoms with E-state index in [0.29, 0.717) is 18.8 Å². The van der Waals surface area contributed by atoms with Gasteiger partial charge in [0, 0.05) is 39.1 Å². The molecule has 0 unspecified atom stereocenters. The molecule has 0 bridgehead atoms. The van der Waals surface area contributed by atoms with Gasteiger partial charge in [-0.3, -0.25) is 4.79 Å². The Morgan fingerprint density at radius 1 is 1.27 bits per heavy atom. The molecular formula is C19H28N4O5S2. The second-order valence-electron chi connectivity index (χ2n) is 6.70. The first kappa shape index (κ1) is 24.2. The number of rotatable bonds is 10. The number of amides is 1. The van der Waals surface area contributed by atoms with E-state index in [1.165, 1.54) is 45.1 Å². The van der Waals surface area contributed by atoms with E-state index in [2.05, 4.69) is 10.3 Å². The molecule has 0 saturated heterocycles. The van der Waals surface area contributed by atoms with Gasteiger partial charge in [-0.2, -0.15) is 0 Å². The highest BCUT2D eigenvalue weighted by Crippen LogP contribution is 2.29. The smallest absolute Gasteiger partial charge is 0.246 e. The van der Waals surface area contributed by atoms with Crippen LogP contribution in [0.2, 0.25) is 0 Å². The summed E-state index contributed by atoms with van der Waals surface area (Å²) in [5.74, 6) is 0.0714. The Kier molecular flexibility index (Phi) is 8.30. The molecule has 2 rings (SSSR count). The molecule has 0 saturated carbocycles. The lowest BCUT2D eigenvalue weighted by molar-refractivity contribution is -0.113. The number of aryl methyl sites for hydroxylation is 1. The monoisotopic (exact) mass is 456 g/mol. The van der Waals surface area contributed by atoms with Crippen molar-refractivity contribution in [3.63, 3.8) is 0 Å². The maximum atomic E-state index is 12.5. The molecule has 0 radical (unpaired) electrons. The maximum absolute atomic E-state index is 12.5. The van der Waals surface area contributed by atoms with E-state index in [1.54, 1.807) is 13.2 Å². The molecule has 11 heteroatoms. The van der Waals surface area contributed by atoms with Gasteiger partial charge in [0.05, 0.1) is 25.2 Å². The van der Waals surface area contributed by atoms with Gasteiger partial charge in [0.1, 0.15) is 10.6 Å². The number of hydrogen-bond donors (Lipinski definition) is 1. The largest absolute Gasteiger partial charge is 0.495 e. The zero-order valence-electron chi connectivity index (χ0n) is 18.1. The number of carbonyl (C=O) groups is 1. The molecule has 1 heterocycles. The molecule has 30 heavy (non-hydrogen) atoms. The molecule has 0 atom stereocenters. The summed E-state index contributed by atoms with van der Waals surface area (Å²) >= 11 is 1.32. The standard InChI is InChI=1S/C19H28N4O5S2/c1-13-14(2)23(9-10-27-5)19(20-13)29-12-18(24)21-15-7-8-16(28-6)17(11-15)30(25,26)22(3)4/h7-8,11H,9-10,12H2,1-6H3,(H,21,24). The Bertz CT molecular complexity index is 1000. The van der Waals surface area contributed by atoms with E-state index >= 15 is 0 Å². The molecule has 0 fully saturated rings. The number of anilines is 1. The zero-order chi connectivity index (χ0) is 22.5. The molecule has 166 valence electrons. The van der Waals surface area contributed by atoms with E-state index in [4.69, 9.17) is 9.47 Å². The fourth-order valence-electron chi connectivity index (χ4n) is 2.66. The van der Waals surface area contributed by atoms with Gasteiger partial charge in [0.15, 0.2) is 5.16 Å². The summed E-state index contributed by atoms with van der Waals surface area (Å²) in [5.41, 5.74) is 2.31. The van der Waals surface area contributed by atoms with Crippen molar-refractivity contribution in [3.8, 4) is 5.75 Å². The summed E-state index contributed by atoms with van der Waals surface area (Å²) in [6, 6.07) is 4.51. The molecule has 0 spiro atoms. The van der Waals surface area contributed by atoms with Crippen molar-refractivity contribution >= 4 is 33.4 Å². The van der Waals surface area contributed by atoms with Crippen molar-refractivity contribution in [2.75, 3.05) is 46.0 Å². The van der Waals surface area contributed by atoms with Gasteiger partial charge >= 0.3 is 0 Å². The highest BCUT2D eigenvalue weighted by atomic mass is 32.2. The molecule has 1 aromatic carbocycles. The molecule has 0 aliphatic heterocycles. The van der Waals surface area contributed by atoms with Gasteiger partial charge in [-0.15, -0.1) is 0 Å². The molecule has 1 aromatic heterocycles. The van der Waals surface area contributed by atoms with Crippen LogP contribution in [-0.4, -0.2) is 68.9 Å². The minimum atomic E-state index is -3.72. The Morgan fingerprint density at radius 2 is 1.97 bits per heavy atom. The van der Waals surface area contributed by atoms with Crippen LogP contribution in [0.5, 0.6) is 5.75 Å². The van der Waals surface area contributed by atoms with Crippen LogP contribution < -0.4 is 10.1 Å². The summed E-state index contributed by atoms with van der Waals surface area (Å²) in [7, 11) is 2.19. The van der Waals surface area contributed by atoms with Gasteiger partial charge < -0.3 is 19.4 Å². The second-order valence-corrected chi connectivity index (χ2v) is 9.76. The average Bonchev–Trinajstić information content (AvgIpc) is 2.97. The topological polar surface area (TPSA) is 103 Å². The first-order valence-electron chi connectivity index (χ1n) is 9.17. The van der Waals surface area contributed by atoms with Crippen molar-refractivity contribution < 1.29 is 22.7 Å². The fourth-order valence-corrected chi connectivity index (χ4v) is 4.65. The van der Waals surface area contributed by atoms with Crippen molar-refractivity contribution in [1.82, 2.24) is 13.9 Å². The van der Waals surface area contributed by atoms with Crippen LogP contribution in [0.15, 0.2) is 28.3 Å². The molecular weight excluding hydrogens is 428 g/mol. The minimum absolute atomic E-state index is 0.0122. The quantitative estimate of drug-likeness (QED) is 0.546. The zero-order valence-corrected chi connectivity index (χ0v) is 19.7. The SMILES string of the molecule is COCCn1c(SCC(=O)Nc2ccc(OC)c(S(=O)(=O)N(C)C)c2)nc(C)c1C. The predicted octanol–water partition coefficient (Wildman–Crippen LogP) is 2.14. The first-order valence-corrected chi connectivity index (χ1v) is 11.6. The van der Waals surface area contributed by atoms with Crippen LogP contribution in [0.3, 0.4) is 0 Å². The summed E-state index contributed by atoms with van der Waals surface area (Å²) < 4.78 is 38.5. The van der Waals surface area contributed by atoms with E-state index in [0.717, 1.165) is 20.8 Å². The Morgan fingerprint density at radius 3 is 2.57 bits per heavy atom. The molecule has 1 N–H and O–H groups in total. The summed E-state index contributed by atoms with van der Waals surface area (Å²) in [6.45, 7) is 5.10. The minimum Gasteiger partial charge on any atom is -0.495 e. The van der Waals surface area contributed by atoms with Crippen molar-refractivity contribution in [2.45, 2.75) is 30.4 Å². The number of benzene rings is 1. The summed E-state index contributed by atoms with van der Waals surface area (Å²) in [6.07, 6.45) is 0. The van der Waals surface area contributed by atoms with E-state index in [9.17, 15) is 13.2 Å². The third kappa shape index (κ3) is 5.54. The number of aromatic nitrogens is 2. The van der Waals surface area contributed by atoms with Gasteiger partial charge in [-0.1, -0.05) is 11.8 Å². The van der Waals surface area contributed by atoms with Crippen LogP contribution in [0.25, 0.3) is 0 Å².